The summed E-state index contributed by atoms with van der Waals surface area (Å²) in [5.74, 6) is -1.27. The normalized spacial score (nSPS) is 24.9. The highest BCUT2D eigenvalue weighted by Crippen LogP contribution is 2.52. The lowest BCUT2D eigenvalue weighted by Gasteiger charge is -2.43. The van der Waals surface area contributed by atoms with E-state index in [9.17, 15) is 19.7 Å². The van der Waals surface area contributed by atoms with Gasteiger partial charge < -0.3 is 14.8 Å². The largest absolute Gasteiger partial charge is 0.508 e. The number of hydrogen-bond acceptors (Lipinski definition) is 5. The Bertz CT molecular complexity index is 1330. The highest BCUT2D eigenvalue weighted by molar-refractivity contribution is 6.43. The fourth-order valence-corrected chi connectivity index (χ4v) is 7.12. The topological polar surface area (TPSA) is 87.1 Å². The molecule has 210 valence electrons. The molecule has 1 aliphatic carbocycles. The first-order valence-corrected chi connectivity index (χ1v) is 14.9. The molecule has 6 nitrogen and oxygen atoms in total. The van der Waals surface area contributed by atoms with Crippen molar-refractivity contribution in [2.24, 2.45) is 17.8 Å². The van der Waals surface area contributed by atoms with Crippen LogP contribution in [0.3, 0.4) is 0 Å². The molecular formula is C32H37BClNO5. The van der Waals surface area contributed by atoms with Crippen LogP contribution in [0.5, 0.6) is 5.75 Å². The Morgan fingerprint density at radius 2 is 1.85 bits per heavy atom. The van der Waals surface area contributed by atoms with Gasteiger partial charge in [0.2, 0.25) is 11.8 Å². The first-order valence-electron chi connectivity index (χ1n) is 14.5. The molecule has 5 rings (SSSR count). The van der Waals surface area contributed by atoms with Gasteiger partial charge in [0.15, 0.2) is 0 Å². The molecule has 2 aliphatic heterocycles. The minimum absolute atomic E-state index is 0.131. The van der Waals surface area contributed by atoms with Gasteiger partial charge in [-0.05, 0) is 85.8 Å². The number of carbonyl (C=O) groups is 2. The first kappa shape index (κ1) is 28.7. The molecule has 2 amide bonds. The average molecular weight is 562 g/mol. The molecule has 0 spiro atoms. The van der Waals surface area contributed by atoms with E-state index in [-0.39, 0.29) is 29.6 Å². The summed E-state index contributed by atoms with van der Waals surface area (Å²) in [6.45, 7) is 4.26. The Kier molecular flexibility index (Phi) is 8.84. The van der Waals surface area contributed by atoms with Crippen molar-refractivity contribution in [3.05, 3.63) is 75.8 Å². The molecule has 2 saturated heterocycles. The van der Waals surface area contributed by atoms with Crippen LogP contribution in [0.2, 0.25) is 11.3 Å². The Labute approximate surface area is 241 Å². The summed E-state index contributed by atoms with van der Waals surface area (Å²) in [5, 5.41) is 21.1. The van der Waals surface area contributed by atoms with E-state index in [2.05, 4.69) is 19.9 Å². The van der Waals surface area contributed by atoms with Crippen LogP contribution in [-0.4, -0.2) is 35.2 Å². The van der Waals surface area contributed by atoms with Gasteiger partial charge in [-0.15, -0.1) is 0 Å². The van der Waals surface area contributed by atoms with Gasteiger partial charge >= 0.3 is 7.12 Å². The number of phenols is 1. The highest BCUT2D eigenvalue weighted by atomic mass is 35.5. The van der Waals surface area contributed by atoms with E-state index in [0.717, 1.165) is 43.2 Å². The van der Waals surface area contributed by atoms with E-state index in [1.54, 1.807) is 24.3 Å². The second-order valence-electron chi connectivity index (χ2n) is 11.2. The smallest absolute Gasteiger partial charge is 0.455 e. The van der Waals surface area contributed by atoms with Crippen molar-refractivity contribution >= 4 is 42.3 Å². The van der Waals surface area contributed by atoms with E-state index in [4.69, 9.17) is 16.3 Å². The summed E-state index contributed by atoms with van der Waals surface area (Å²) in [6.07, 6.45) is 7.70. The maximum atomic E-state index is 13.8. The third-order valence-corrected chi connectivity index (χ3v) is 8.84. The zero-order valence-corrected chi connectivity index (χ0v) is 23.9. The van der Waals surface area contributed by atoms with Crippen LogP contribution < -0.4 is 4.90 Å². The van der Waals surface area contributed by atoms with Crippen molar-refractivity contribution in [1.29, 1.82) is 0 Å². The number of fused-ring (bicyclic) bond motifs is 3. The number of carbonyl (C=O) groups excluding carboxylic acids is 2. The molecule has 40 heavy (non-hydrogen) atoms. The van der Waals surface area contributed by atoms with E-state index in [1.165, 1.54) is 16.0 Å². The number of aromatic hydroxyl groups is 1. The second-order valence-corrected chi connectivity index (χ2v) is 11.6. The molecule has 4 atom stereocenters. The van der Waals surface area contributed by atoms with Crippen molar-refractivity contribution in [3.8, 4) is 5.75 Å². The lowest BCUT2D eigenvalue weighted by molar-refractivity contribution is -0.122. The van der Waals surface area contributed by atoms with Gasteiger partial charge in [-0.25, -0.2) is 0 Å². The third kappa shape index (κ3) is 5.65. The average Bonchev–Trinajstić information content (AvgIpc) is 3.18. The Hall–Kier alpha value is -2.87. The van der Waals surface area contributed by atoms with Gasteiger partial charge in [0.1, 0.15) is 5.75 Å². The minimum Gasteiger partial charge on any atom is -0.508 e. The number of para-hydroxylation sites is 1. The molecular weight excluding hydrogens is 525 g/mol. The van der Waals surface area contributed by atoms with Crippen molar-refractivity contribution in [1.82, 2.24) is 0 Å². The Morgan fingerprint density at radius 3 is 2.55 bits per heavy atom. The highest BCUT2D eigenvalue weighted by Gasteiger charge is 2.57. The predicted octanol–water partition coefficient (Wildman–Crippen LogP) is 6.81. The van der Waals surface area contributed by atoms with Crippen LogP contribution in [0.25, 0.3) is 6.08 Å². The van der Waals surface area contributed by atoms with Gasteiger partial charge in [-0.3, -0.25) is 14.5 Å². The molecule has 3 aliphatic rings. The summed E-state index contributed by atoms with van der Waals surface area (Å²) in [5.41, 5.74) is 5.01. The maximum absolute atomic E-state index is 13.8. The van der Waals surface area contributed by atoms with Crippen LogP contribution in [0, 0.1) is 17.8 Å². The molecule has 8 heteroatoms. The number of anilines is 1. The summed E-state index contributed by atoms with van der Waals surface area (Å²) in [4.78, 5) is 28.8. The number of hydrogen-bond donors (Lipinski definition) is 2. The molecule has 2 aromatic rings. The monoisotopic (exact) mass is 561 g/mol. The molecule has 2 N–H and O–H groups in total. The van der Waals surface area contributed by atoms with Crippen molar-refractivity contribution < 1.29 is 24.4 Å². The predicted molar refractivity (Wildman–Crippen MR) is 159 cm³/mol. The van der Waals surface area contributed by atoms with E-state index in [1.807, 2.05) is 24.3 Å². The van der Waals surface area contributed by atoms with E-state index in [0.29, 0.717) is 29.9 Å². The zero-order chi connectivity index (χ0) is 28.4. The van der Waals surface area contributed by atoms with Crippen molar-refractivity contribution in [2.75, 3.05) is 4.90 Å². The lowest BCUT2D eigenvalue weighted by Crippen LogP contribution is -2.46. The van der Waals surface area contributed by atoms with Crippen LogP contribution in [0.4, 0.5) is 5.69 Å². The number of allylic oxidation sites excluding steroid dienone is 2. The quantitative estimate of drug-likeness (QED) is 0.199. The van der Waals surface area contributed by atoms with Gasteiger partial charge in [-0.1, -0.05) is 73.7 Å². The SMILES string of the molecule is CCCC1=C2[C@@H](CC/C(=C/c3ccc(O)cc3Cl)CCC)OB(O)C[C@@H]2[C@@H]2C(=O)N(c3ccccc3)C(=O)[C@@H]2C1. The summed E-state index contributed by atoms with van der Waals surface area (Å²) >= 11 is 6.39. The number of rotatable bonds is 9. The summed E-state index contributed by atoms with van der Waals surface area (Å²) in [7, 11) is -0.987. The van der Waals surface area contributed by atoms with Crippen LogP contribution in [-0.2, 0) is 14.2 Å². The van der Waals surface area contributed by atoms with Crippen LogP contribution in [0.1, 0.15) is 64.4 Å². The maximum Gasteiger partial charge on any atom is 0.455 e. The third-order valence-electron chi connectivity index (χ3n) is 8.52. The van der Waals surface area contributed by atoms with Gasteiger partial charge in [-0.2, -0.15) is 0 Å². The van der Waals surface area contributed by atoms with Crippen LogP contribution in [0.15, 0.2) is 65.3 Å². The molecule has 0 bridgehead atoms. The number of amides is 2. The summed E-state index contributed by atoms with van der Waals surface area (Å²) < 4.78 is 6.17. The number of nitrogens with zero attached hydrogens (tertiary/aromatic N) is 1. The van der Waals surface area contributed by atoms with E-state index >= 15 is 0 Å². The number of phenolic OH excluding ortho intramolecular Hbond substituents is 1. The Morgan fingerprint density at radius 1 is 1.07 bits per heavy atom. The van der Waals surface area contributed by atoms with Gasteiger partial charge in [0.05, 0.1) is 28.6 Å². The molecule has 0 saturated carbocycles. The molecule has 2 aromatic carbocycles. The number of benzene rings is 2. The van der Waals surface area contributed by atoms with Crippen LogP contribution >= 0.6 is 11.6 Å². The van der Waals surface area contributed by atoms with Crippen molar-refractivity contribution in [3.63, 3.8) is 0 Å². The van der Waals surface area contributed by atoms with Crippen molar-refractivity contribution in [2.45, 2.75) is 71.2 Å². The Balaban J connectivity index is 1.44. The zero-order valence-electron chi connectivity index (χ0n) is 23.2. The molecule has 0 aromatic heterocycles. The summed E-state index contributed by atoms with van der Waals surface area (Å²) in [6, 6.07) is 14.1. The first-order chi connectivity index (χ1) is 19.3. The van der Waals surface area contributed by atoms with E-state index < -0.39 is 19.0 Å². The lowest BCUT2D eigenvalue weighted by atomic mass is 9.58. The van der Waals surface area contributed by atoms with Gasteiger partial charge in [0.25, 0.3) is 0 Å². The molecule has 0 unspecified atom stereocenters. The fourth-order valence-electron chi connectivity index (χ4n) is 6.89. The second kappa shape index (κ2) is 12.3. The fraction of sp³-hybridized carbons (Fsp3) is 0.438. The number of imide groups is 1. The van der Waals surface area contributed by atoms with Gasteiger partial charge in [0, 0.05) is 0 Å². The minimum atomic E-state index is -0.987. The molecule has 2 heterocycles. The standard InChI is InChI=1S/C32H37BClNO5/c1-3-8-20(16-21-13-14-24(36)18-27(21)34)12-15-28-29-22(9-4-2)17-25-30(26(29)19-33(39)40-28)32(38)35(31(25)37)23-10-6-5-7-11-23/h5-7,10-11,13-14,16,18,25-26,28,30,36,39H,3-4,8-9,12,15,17,19H2,1-2H3/b20-16+/t25-,26+,28-,30-/m1/s1. The number of halogens is 1. The molecule has 2 fully saturated rings. The molecule has 0 radical (unpaired) electrons.